The van der Waals surface area contributed by atoms with Crippen LogP contribution in [-0.2, 0) is 10.2 Å². The lowest BCUT2D eigenvalue weighted by Crippen LogP contribution is -2.52. The number of ether oxygens (including phenoxy) is 1. The number of piperidine rings is 1. The van der Waals surface area contributed by atoms with Gasteiger partial charge in [-0.3, -0.25) is 14.6 Å². The van der Waals surface area contributed by atoms with Gasteiger partial charge in [0.15, 0.2) is 0 Å². The molecule has 2 amide bonds. The number of likely N-dealkylation sites (tertiary alicyclic amines) is 1. The van der Waals surface area contributed by atoms with Crippen LogP contribution in [-0.4, -0.2) is 47.5 Å². The van der Waals surface area contributed by atoms with Gasteiger partial charge in [0.2, 0.25) is 0 Å². The van der Waals surface area contributed by atoms with Crippen molar-refractivity contribution in [1.82, 2.24) is 15.2 Å². The van der Waals surface area contributed by atoms with Gasteiger partial charge in [0.1, 0.15) is 0 Å². The maximum atomic E-state index is 13.4. The van der Waals surface area contributed by atoms with E-state index in [1.165, 1.54) is 5.56 Å². The fourth-order valence-electron chi connectivity index (χ4n) is 6.05. The summed E-state index contributed by atoms with van der Waals surface area (Å²) < 4.78 is 6.41. The molecule has 2 atom stereocenters. The van der Waals surface area contributed by atoms with Crippen molar-refractivity contribution in [3.63, 3.8) is 0 Å². The van der Waals surface area contributed by atoms with E-state index in [-0.39, 0.29) is 29.4 Å². The summed E-state index contributed by atoms with van der Waals surface area (Å²) in [5, 5.41) is 3.25. The third-order valence-corrected chi connectivity index (χ3v) is 7.79. The van der Waals surface area contributed by atoms with Crippen LogP contribution in [0.2, 0.25) is 0 Å². The Morgan fingerprint density at radius 1 is 1.08 bits per heavy atom. The number of rotatable bonds is 5. The summed E-state index contributed by atoms with van der Waals surface area (Å²) >= 11 is 0. The number of amides is 2. The van der Waals surface area contributed by atoms with Crippen LogP contribution < -0.4 is 5.32 Å². The predicted molar refractivity (Wildman–Crippen MR) is 139 cm³/mol. The molecule has 6 nitrogen and oxygen atoms in total. The first kappa shape index (κ1) is 24.2. The topological polar surface area (TPSA) is 71.5 Å². The van der Waals surface area contributed by atoms with Crippen molar-refractivity contribution < 1.29 is 14.3 Å². The zero-order valence-electron chi connectivity index (χ0n) is 21.2. The molecule has 1 fully saturated rings. The molecule has 1 aromatic heterocycles. The molecule has 0 unspecified atom stereocenters. The molecule has 0 saturated carbocycles. The molecule has 2 aromatic carbocycles. The van der Waals surface area contributed by atoms with E-state index in [1.807, 2.05) is 43.9 Å². The first-order valence-electron chi connectivity index (χ1n) is 12.7. The number of hydrogen-bond donors (Lipinski definition) is 1. The van der Waals surface area contributed by atoms with Crippen molar-refractivity contribution >= 4 is 11.8 Å². The second kappa shape index (κ2) is 9.86. The van der Waals surface area contributed by atoms with E-state index in [1.54, 1.807) is 24.5 Å². The van der Waals surface area contributed by atoms with E-state index < -0.39 is 0 Å². The Bertz CT molecular complexity index is 1270. The maximum absolute atomic E-state index is 13.4. The number of nitrogens with one attached hydrogen (secondary N) is 1. The van der Waals surface area contributed by atoms with Crippen molar-refractivity contribution in [2.24, 2.45) is 0 Å². The fraction of sp³-hybridized carbons (Fsp3) is 0.367. The van der Waals surface area contributed by atoms with Gasteiger partial charge in [0, 0.05) is 43.1 Å². The highest BCUT2D eigenvalue weighted by Crippen LogP contribution is 2.52. The average molecular weight is 484 g/mol. The van der Waals surface area contributed by atoms with E-state index in [4.69, 9.17) is 4.74 Å². The highest BCUT2D eigenvalue weighted by molar-refractivity contribution is 5.96. The van der Waals surface area contributed by atoms with Gasteiger partial charge in [-0.15, -0.1) is 0 Å². The van der Waals surface area contributed by atoms with E-state index >= 15 is 0 Å². The number of pyridine rings is 1. The number of fused-ring (bicyclic) bond motifs is 2. The van der Waals surface area contributed by atoms with Gasteiger partial charge >= 0.3 is 0 Å². The molecule has 0 bridgehead atoms. The number of nitrogens with zero attached hydrogens (tertiary/aromatic N) is 2. The Balaban J connectivity index is 1.42. The van der Waals surface area contributed by atoms with Crippen LogP contribution in [0.25, 0.3) is 0 Å². The molecular formula is C30H33N3O3. The van der Waals surface area contributed by atoms with Crippen molar-refractivity contribution in [2.45, 2.75) is 51.2 Å². The van der Waals surface area contributed by atoms with Gasteiger partial charge in [-0.25, -0.2) is 0 Å². The van der Waals surface area contributed by atoms with Gasteiger partial charge < -0.3 is 15.0 Å². The van der Waals surface area contributed by atoms with Crippen LogP contribution in [0.3, 0.4) is 0 Å². The zero-order valence-corrected chi connectivity index (χ0v) is 21.2. The fourth-order valence-corrected chi connectivity index (χ4v) is 6.05. The van der Waals surface area contributed by atoms with Gasteiger partial charge in [-0.05, 0) is 68.5 Å². The van der Waals surface area contributed by atoms with Crippen LogP contribution in [0, 0.1) is 13.8 Å². The van der Waals surface area contributed by atoms with E-state index in [0.717, 1.165) is 35.1 Å². The Morgan fingerprint density at radius 2 is 1.86 bits per heavy atom. The molecular weight excluding hydrogens is 450 g/mol. The molecule has 6 heteroatoms. The molecule has 0 radical (unpaired) electrons. The number of carbonyl (C=O) groups excluding carboxylic acids is 2. The van der Waals surface area contributed by atoms with Crippen LogP contribution in [0.5, 0.6) is 0 Å². The number of aromatic nitrogens is 1. The van der Waals surface area contributed by atoms with Gasteiger partial charge in [0.05, 0.1) is 17.7 Å². The lowest BCUT2D eigenvalue weighted by atomic mass is 9.71. The summed E-state index contributed by atoms with van der Waals surface area (Å²) in [5.41, 5.74) is 5.52. The third kappa shape index (κ3) is 4.20. The predicted octanol–water partition coefficient (Wildman–Crippen LogP) is 4.76. The van der Waals surface area contributed by atoms with Crippen molar-refractivity contribution in [3.05, 3.63) is 100 Å². The molecule has 36 heavy (non-hydrogen) atoms. The summed E-state index contributed by atoms with van der Waals surface area (Å²) in [6, 6.07) is 17.6. The smallest absolute Gasteiger partial charge is 0.254 e. The first-order valence-corrected chi connectivity index (χ1v) is 12.7. The molecule has 1 aliphatic heterocycles. The Kier molecular flexibility index (Phi) is 6.63. The maximum Gasteiger partial charge on any atom is 0.254 e. The number of carbonyl (C=O) groups is 2. The van der Waals surface area contributed by atoms with E-state index in [2.05, 4.69) is 34.6 Å². The molecule has 2 heterocycles. The lowest BCUT2D eigenvalue weighted by Gasteiger charge is -2.44. The van der Waals surface area contributed by atoms with Crippen molar-refractivity contribution in [2.75, 3.05) is 19.7 Å². The molecule has 5 rings (SSSR count). The highest BCUT2D eigenvalue weighted by atomic mass is 16.5. The minimum atomic E-state index is -0.268. The SMILES string of the molecule is CCO[C@@H]1[C@@H](NC(=O)c2cccnc2)c2ccccc2C12CCN(C(=O)c1ccc(C)cc1C)CC2. The van der Waals surface area contributed by atoms with Crippen molar-refractivity contribution in [1.29, 1.82) is 0 Å². The van der Waals surface area contributed by atoms with Gasteiger partial charge in [-0.2, -0.15) is 0 Å². The molecule has 186 valence electrons. The van der Waals surface area contributed by atoms with E-state index in [9.17, 15) is 9.59 Å². The van der Waals surface area contributed by atoms with Crippen molar-refractivity contribution in [3.8, 4) is 0 Å². The monoisotopic (exact) mass is 483 g/mol. The van der Waals surface area contributed by atoms with Crippen LogP contribution >= 0.6 is 0 Å². The van der Waals surface area contributed by atoms with Crippen LogP contribution in [0.1, 0.15) is 68.8 Å². The largest absolute Gasteiger partial charge is 0.375 e. The summed E-state index contributed by atoms with van der Waals surface area (Å²) in [6.07, 6.45) is 4.60. The number of hydrogen-bond acceptors (Lipinski definition) is 4. The normalized spacial score (nSPS) is 20.2. The van der Waals surface area contributed by atoms with Gasteiger partial charge in [-0.1, -0.05) is 42.0 Å². The highest BCUT2D eigenvalue weighted by Gasteiger charge is 2.54. The van der Waals surface area contributed by atoms with E-state index in [0.29, 0.717) is 25.3 Å². The standard InChI is InChI=1S/C30H33N3O3/c1-4-36-27-26(32-28(34)22-8-7-15-31-19-22)24-9-5-6-10-25(24)30(27)13-16-33(17-14-30)29(35)23-12-11-20(2)18-21(23)3/h5-12,15,18-19,26-27H,4,13-14,16-17H2,1-3H3,(H,32,34)/t26-,27+/m0/s1. The quantitative estimate of drug-likeness (QED) is 0.568. The second-order valence-corrected chi connectivity index (χ2v) is 9.92. The Labute approximate surface area is 212 Å². The average Bonchev–Trinajstić information content (AvgIpc) is 3.13. The summed E-state index contributed by atoms with van der Waals surface area (Å²) in [4.78, 5) is 32.6. The summed E-state index contributed by atoms with van der Waals surface area (Å²) in [6.45, 7) is 7.88. The Hall–Kier alpha value is -3.51. The molecule has 1 saturated heterocycles. The molecule has 3 aromatic rings. The molecule has 1 aliphatic carbocycles. The van der Waals surface area contributed by atoms with Gasteiger partial charge in [0.25, 0.3) is 11.8 Å². The minimum Gasteiger partial charge on any atom is -0.375 e. The van der Waals surface area contributed by atoms with Crippen LogP contribution in [0.4, 0.5) is 0 Å². The number of aryl methyl sites for hydroxylation is 2. The first-order chi connectivity index (χ1) is 17.4. The minimum absolute atomic E-state index is 0.0861. The third-order valence-electron chi connectivity index (χ3n) is 7.79. The molecule has 2 aliphatic rings. The lowest BCUT2D eigenvalue weighted by molar-refractivity contribution is -0.0305. The number of benzene rings is 2. The Morgan fingerprint density at radius 3 is 2.56 bits per heavy atom. The molecule has 1 N–H and O–H groups in total. The summed E-state index contributed by atoms with van der Waals surface area (Å²) in [5.74, 6) is -0.0739. The van der Waals surface area contributed by atoms with Crippen LogP contribution in [0.15, 0.2) is 67.0 Å². The molecule has 1 spiro atoms. The summed E-state index contributed by atoms with van der Waals surface area (Å²) in [7, 11) is 0. The zero-order chi connectivity index (χ0) is 25.3. The second-order valence-electron chi connectivity index (χ2n) is 9.92.